The van der Waals surface area contributed by atoms with Crippen molar-refractivity contribution >= 4 is 16.7 Å². The van der Waals surface area contributed by atoms with E-state index in [4.69, 9.17) is 0 Å². The van der Waals surface area contributed by atoms with Gasteiger partial charge in [-0.15, -0.1) is 0 Å². The van der Waals surface area contributed by atoms with E-state index in [1.54, 1.807) is 0 Å². The Bertz CT molecular complexity index is 827. The normalized spacial score (nSPS) is 17.7. The van der Waals surface area contributed by atoms with E-state index in [0.717, 1.165) is 28.6 Å². The van der Waals surface area contributed by atoms with Gasteiger partial charge in [0, 0.05) is 11.8 Å². The van der Waals surface area contributed by atoms with Crippen LogP contribution in [0.15, 0.2) is 54.6 Å². The number of benzene rings is 2. The Morgan fingerprint density at radius 1 is 0.857 bits per heavy atom. The fourth-order valence-corrected chi connectivity index (χ4v) is 3.14. The molecule has 1 heterocycles. The number of rotatable bonds is 1. The van der Waals surface area contributed by atoms with Crippen LogP contribution in [-0.2, 0) is 6.42 Å². The van der Waals surface area contributed by atoms with Crippen LogP contribution in [-0.4, -0.2) is 16.0 Å². The highest BCUT2D eigenvalue weighted by molar-refractivity contribution is 6.09. The first-order chi connectivity index (χ1) is 10.3. The number of carbonyl (C=O) groups is 1. The minimum atomic E-state index is 0.177. The molecule has 21 heavy (non-hydrogen) atoms. The number of fused-ring (bicyclic) bond motifs is 3. The predicted octanol–water partition coefficient (Wildman–Crippen LogP) is 3.54. The lowest BCUT2D eigenvalue weighted by molar-refractivity contribution is 0.0964. The monoisotopic (exact) mass is 274 g/mol. The van der Waals surface area contributed by atoms with Gasteiger partial charge in [0.25, 0.3) is 0 Å². The molecule has 1 atom stereocenters. The lowest BCUT2D eigenvalue weighted by atomic mass is 9.81. The Morgan fingerprint density at radius 2 is 1.62 bits per heavy atom. The van der Waals surface area contributed by atoms with Gasteiger partial charge in [0.1, 0.15) is 0 Å². The number of hydrogen-bond donors (Lipinski definition) is 0. The molecule has 4 rings (SSSR count). The Labute approximate surface area is 122 Å². The molecule has 0 radical (unpaired) electrons. The van der Waals surface area contributed by atoms with E-state index in [2.05, 4.69) is 22.3 Å². The predicted molar refractivity (Wildman–Crippen MR) is 81.4 cm³/mol. The molecule has 3 aromatic rings. The molecule has 2 aromatic carbocycles. The third kappa shape index (κ3) is 2.02. The molecule has 1 unspecified atom stereocenters. The highest BCUT2D eigenvalue weighted by Gasteiger charge is 2.29. The molecule has 0 aliphatic heterocycles. The summed E-state index contributed by atoms with van der Waals surface area (Å²) in [5, 5.41) is 9.49. The quantitative estimate of drug-likeness (QED) is 0.681. The van der Waals surface area contributed by atoms with Crippen LogP contribution in [0, 0.1) is 0 Å². The molecule has 0 saturated heterocycles. The molecule has 0 fully saturated rings. The summed E-state index contributed by atoms with van der Waals surface area (Å²) in [5.41, 5.74) is 3.60. The zero-order chi connectivity index (χ0) is 14.2. The zero-order valence-electron chi connectivity index (χ0n) is 11.5. The molecule has 3 heteroatoms. The van der Waals surface area contributed by atoms with Gasteiger partial charge in [0.2, 0.25) is 0 Å². The molecule has 0 amide bonds. The maximum Gasteiger partial charge on any atom is 0.166 e. The van der Waals surface area contributed by atoms with E-state index in [1.165, 1.54) is 5.56 Å². The minimum Gasteiger partial charge on any atom is -0.294 e. The van der Waals surface area contributed by atoms with Gasteiger partial charge in [-0.25, -0.2) is 0 Å². The van der Waals surface area contributed by atoms with Crippen molar-refractivity contribution in [1.82, 2.24) is 10.2 Å². The summed E-state index contributed by atoms with van der Waals surface area (Å²) >= 11 is 0. The van der Waals surface area contributed by atoms with E-state index in [-0.39, 0.29) is 11.7 Å². The second-order valence-corrected chi connectivity index (χ2v) is 5.48. The van der Waals surface area contributed by atoms with Crippen LogP contribution in [0.25, 0.3) is 10.9 Å². The summed E-state index contributed by atoms with van der Waals surface area (Å²) < 4.78 is 0. The topological polar surface area (TPSA) is 42.9 Å². The zero-order valence-corrected chi connectivity index (χ0v) is 11.5. The van der Waals surface area contributed by atoms with Crippen molar-refractivity contribution in [3.63, 3.8) is 0 Å². The lowest BCUT2D eigenvalue weighted by Crippen LogP contribution is -2.21. The first-order valence-corrected chi connectivity index (χ1v) is 7.15. The number of Topliss-reactive ketones (excluding diaryl/α,β-unsaturated/α-hetero) is 1. The molecular formula is C18H14N2O. The fourth-order valence-electron chi connectivity index (χ4n) is 3.14. The molecule has 1 aliphatic rings. The van der Waals surface area contributed by atoms with E-state index < -0.39 is 0 Å². The van der Waals surface area contributed by atoms with Crippen molar-refractivity contribution < 1.29 is 4.79 Å². The molecule has 102 valence electrons. The minimum absolute atomic E-state index is 0.177. The number of ketones is 1. The molecule has 1 aromatic heterocycles. The van der Waals surface area contributed by atoms with Gasteiger partial charge in [-0.2, -0.15) is 10.2 Å². The lowest BCUT2D eigenvalue weighted by Gasteiger charge is -2.23. The van der Waals surface area contributed by atoms with Crippen molar-refractivity contribution in [2.45, 2.75) is 18.8 Å². The summed E-state index contributed by atoms with van der Waals surface area (Å²) in [4.78, 5) is 12.6. The van der Waals surface area contributed by atoms with Crippen molar-refractivity contribution in [1.29, 1.82) is 0 Å². The molecule has 0 spiro atoms. The van der Waals surface area contributed by atoms with E-state index >= 15 is 0 Å². The van der Waals surface area contributed by atoms with Crippen LogP contribution in [0.5, 0.6) is 0 Å². The van der Waals surface area contributed by atoms with E-state index in [0.29, 0.717) is 6.42 Å². The summed E-state index contributed by atoms with van der Waals surface area (Å²) in [6.07, 6.45) is 1.33. The third-order valence-corrected chi connectivity index (χ3v) is 4.16. The van der Waals surface area contributed by atoms with Crippen LogP contribution >= 0.6 is 0 Å². The summed E-state index contributed by atoms with van der Waals surface area (Å²) in [6.45, 7) is 0. The number of aromatic nitrogens is 2. The molecule has 0 saturated carbocycles. The maximum atomic E-state index is 12.6. The van der Waals surface area contributed by atoms with Crippen LogP contribution in [0.1, 0.15) is 34.0 Å². The second-order valence-electron chi connectivity index (χ2n) is 5.48. The van der Waals surface area contributed by atoms with Crippen LogP contribution in [0.4, 0.5) is 0 Å². The van der Waals surface area contributed by atoms with Gasteiger partial charge in [-0.1, -0.05) is 48.5 Å². The van der Waals surface area contributed by atoms with Gasteiger partial charge < -0.3 is 0 Å². The van der Waals surface area contributed by atoms with Gasteiger partial charge in [0.05, 0.1) is 16.8 Å². The SMILES string of the molecule is O=C1CC(c2ccccc2)Cc2nnc3ccccc3c21. The van der Waals surface area contributed by atoms with Gasteiger partial charge in [0.15, 0.2) is 5.78 Å². The van der Waals surface area contributed by atoms with Crippen molar-refractivity contribution in [3.05, 3.63) is 71.4 Å². The second kappa shape index (κ2) is 4.77. The summed E-state index contributed by atoms with van der Waals surface area (Å²) in [5.74, 6) is 0.387. The first-order valence-electron chi connectivity index (χ1n) is 7.15. The molecule has 0 bridgehead atoms. The van der Waals surface area contributed by atoms with Gasteiger partial charge in [-0.3, -0.25) is 4.79 Å². The van der Waals surface area contributed by atoms with Crippen molar-refractivity contribution in [3.8, 4) is 0 Å². The summed E-state index contributed by atoms with van der Waals surface area (Å²) in [6, 6.07) is 17.9. The Hall–Kier alpha value is -2.55. The number of carbonyl (C=O) groups excluding carboxylic acids is 1. The highest BCUT2D eigenvalue weighted by Crippen LogP contribution is 2.34. The average Bonchev–Trinajstić information content (AvgIpc) is 2.55. The fraction of sp³-hybridized carbons (Fsp3) is 0.167. The Morgan fingerprint density at radius 3 is 2.48 bits per heavy atom. The molecule has 0 N–H and O–H groups in total. The smallest absolute Gasteiger partial charge is 0.166 e. The largest absolute Gasteiger partial charge is 0.294 e. The Balaban J connectivity index is 1.83. The maximum absolute atomic E-state index is 12.6. The molecule has 3 nitrogen and oxygen atoms in total. The Kier molecular flexibility index (Phi) is 2.78. The standard InChI is InChI=1S/C18H14N2O/c21-17-11-13(12-6-2-1-3-7-12)10-16-18(17)14-8-4-5-9-15(14)19-20-16/h1-9,13H,10-11H2. The number of hydrogen-bond acceptors (Lipinski definition) is 3. The molecular weight excluding hydrogens is 260 g/mol. The van der Waals surface area contributed by atoms with Crippen LogP contribution < -0.4 is 0 Å². The van der Waals surface area contributed by atoms with Crippen molar-refractivity contribution in [2.24, 2.45) is 0 Å². The van der Waals surface area contributed by atoms with Crippen LogP contribution in [0.2, 0.25) is 0 Å². The first kappa shape index (κ1) is 12.2. The van der Waals surface area contributed by atoms with Gasteiger partial charge in [-0.05, 0) is 24.0 Å². The van der Waals surface area contributed by atoms with Crippen LogP contribution in [0.3, 0.4) is 0 Å². The number of nitrogens with zero attached hydrogens (tertiary/aromatic N) is 2. The molecule has 1 aliphatic carbocycles. The van der Waals surface area contributed by atoms with Crippen molar-refractivity contribution in [2.75, 3.05) is 0 Å². The highest BCUT2D eigenvalue weighted by atomic mass is 16.1. The van der Waals surface area contributed by atoms with Gasteiger partial charge >= 0.3 is 0 Å². The third-order valence-electron chi connectivity index (χ3n) is 4.16. The summed E-state index contributed by atoms with van der Waals surface area (Å²) in [7, 11) is 0. The van der Waals surface area contributed by atoms with E-state index in [9.17, 15) is 4.79 Å². The average molecular weight is 274 g/mol. The van der Waals surface area contributed by atoms with E-state index in [1.807, 2.05) is 42.5 Å².